The standard InChI is InChI=1S/C16H25NO2Si/c1-17(2)16(18)19-13-9-6-10-14-20(3,4)15-11-7-5-8-12-15/h5-8,10-12H,9,13-14H2,1-4H3/b10-6-. The number of hydrogen-bond acceptors (Lipinski definition) is 2. The predicted molar refractivity (Wildman–Crippen MR) is 87.2 cm³/mol. The van der Waals surface area contributed by atoms with Gasteiger partial charge in [0, 0.05) is 14.1 Å². The molecule has 0 atom stereocenters. The van der Waals surface area contributed by atoms with E-state index in [9.17, 15) is 4.79 Å². The number of rotatable bonds is 6. The van der Waals surface area contributed by atoms with Crippen molar-refractivity contribution < 1.29 is 9.53 Å². The number of nitrogens with zero attached hydrogens (tertiary/aromatic N) is 1. The number of carbonyl (C=O) groups is 1. The van der Waals surface area contributed by atoms with Crippen LogP contribution in [0.5, 0.6) is 0 Å². The SMILES string of the molecule is CN(C)C(=O)OCC/C=C\C[Si](C)(C)c1ccccc1. The first-order valence-electron chi connectivity index (χ1n) is 6.98. The molecule has 0 radical (unpaired) electrons. The van der Waals surface area contributed by atoms with Gasteiger partial charge in [0.2, 0.25) is 0 Å². The molecule has 0 saturated heterocycles. The molecule has 4 heteroatoms. The summed E-state index contributed by atoms with van der Waals surface area (Å²) in [7, 11) is 1.99. The fourth-order valence-electron chi connectivity index (χ4n) is 1.85. The molecule has 0 spiro atoms. The summed E-state index contributed by atoms with van der Waals surface area (Å²) in [5.41, 5.74) is 0. The van der Waals surface area contributed by atoms with Gasteiger partial charge in [-0.15, -0.1) is 0 Å². The van der Waals surface area contributed by atoms with E-state index in [0.717, 1.165) is 12.5 Å². The van der Waals surface area contributed by atoms with Crippen molar-refractivity contribution in [3.8, 4) is 0 Å². The van der Waals surface area contributed by atoms with Gasteiger partial charge in [-0.3, -0.25) is 0 Å². The molecule has 0 bridgehead atoms. The van der Waals surface area contributed by atoms with Crippen molar-refractivity contribution in [1.82, 2.24) is 4.90 Å². The van der Waals surface area contributed by atoms with E-state index in [1.807, 2.05) is 0 Å². The molecule has 1 rings (SSSR count). The highest BCUT2D eigenvalue weighted by Crippen LogP contribution is 2.10. The van der Waals surface area contributed by atoms with Crippen LogP contribution in [0.3, 0.4) is 0 Å². The Morgan fingerprint density at radius 3 is 2.45 bits per heavy atom. The highest BCUT2D eigenvalue weighted by Gasteiger charge is 2.20. The van der Waals surface area contributed by atoms with Gasteiger partial charge in [0.05, 0.1) is 14.7 Å². The van der Waals surface area contributed by atoms with E-state index in [-0.39, 0.29) is 6.09 Å². The van der Waals surface area contributed by atoms with E-state index in [4.69, 9.17) is 4.74 Å². The van der Waals surface area contributed by atoms with Gasteiger partial charge in [-0.05, 0) is 12.5 Å². The lowest BCUT2D eigenvalue weighted by Crippen LogP contribution is -2.40. The molecule has 0 heterocycles. The first kappa shape index (κ1) is 16.5. The molecule has 1 aromatic rings. The summed E-state index contributed by atoms with van der Waals surface area (Å²) in [6.45, 7) is 5.19. The molecule has 0 unspecified atom stereocenters. The first-order chi connectivity index (χ1) is 9.43. The van der Waals surface area contributed by atoms with Gasteiger partial charge in [0.15, 0.2) is 0 Å². The summed E-state index contributed by atoms with van der Waals surface area (Å²) in [5.74, 6) is 0. The molecule has 3 nitrogen and oxygen atoms in total. The van der Waals surface area contributed by atoms with Crippen molar-refractivity contribution in [3.05, 3.63) is 42.5 Å². The van der Waals surface area contributed by atoms with E-state index in [1.54, 1.807) is 14.1 Å². The molecule has 110 valence electrons. The number of allylic oxidation sites excluding steroid dienone is 1. The molecule has 1 amide bonds. The second-order valence-electron chi connectivity index (χ2n) is 5.72. The Bertz CT molecular complexity index is 441. The van der Waals surface area contributed by atoms with Gasteiger partial charge in [0.1, 0.15) is 0 Å². The monoisotopic (exact) mass is 291 g/mol. The van der Waals surface area contributed by atoms with Crippen LogP contribution in [0.1, 0.15) is 6.42 Å². The average molecular weight is 291 g/mol. The van der Waals surface area contributed by atoms with Crippen LogP contribution < -0.4 is 5.19 Å². The molecular weight excluding hydrogens is 266 g/mol. The minimum absolute atomic E-state index is 0.280. The Labute approximate surface area is 123 Å². The number of ether oxygens (including phenoxy) is 1. The lowest BCUT2D eigenvalue weighted by molar-refractivity contribution is 0.120. The van der Waals surface area contributed by atoms with Crippen LogP contribution in [0, 0.1) is 0 Å². The van der Waals surface area contributed by atoms with Crippen molar-refractivity contribution in [2.75, 3.05) is 20.7 Å². The summed E-state index contributed by atoms with van der Waals surface area (Å²) in [4.78, 5) is 12.6. The van der Waals surface area contributed by atoms with Gasteiger partial charge in [-0.2, -0.15) is 0 Å². The van der Waals surface area contributed by atoms with E-state index in [2.05, 4.69) is 55.6 Å². The maximum absolute atomic E-state index is 11.2. The Morgan fingerprint density at radius 2 is 1.85 bits per heavy atom. The number of amides is 1. The molecule has 1 aromatic carbocycles. The molecule has 20 heavy (non-hydrogen) atoms. The maximum Gasteiger partial charge on any atom is 0.409 e. The summed E-state index contributed by atoms with van der Waals surface area (Å²) in [6.07, 6.45) is 4.83. The van der Waals surface area contributed by atoms with Crippen molar-refractivity contribution in [2.45, 2.75) is 25.6 Å². The molecule has 0 aromatic heterocycles. The van der Waals surface area contributed by atoms with Crippen LogP contribution >= 0.6 is 0 Å². The zero-order valence-corrected chi connectivity index (χ0v) is 13.9. The fourth-order valence-corrected chi connectivity index (χ4v) is 3.93. The minimum Gasteiger partial charge on any atom is -0.449 e. The molecule has 0 N–H and O–H groups in total. The third kappa shape index (κ3) is 5.61. The number of hydrogen-bond donors (Lipinski definition) is 0. The second-order valence-corrected chi connectivity index (χ2v) is 10.5. The van der Waals surface area contributed by atoms with Crippen LogP contribution in [0.4, 0.5) is 4.79 Å². The molecule has 0 aliphatic heterocycles. The molecule has 0 saturated carbocycles. The topological polar surface area (TPSA) is 29.5 Å². The van der Waals surface area contributed by atoms with Crippen LogP contribution in [-0.4, -0.2) is 39.8 Å². The zero-order valence-electron chi connectivity index (χ0n) is 12.9. The molecule has 0 aliphatic rings. The first-order valence-corrected chi connectivity index (χ1v) is 10.2. The van der Waals surface area contributed by atoms with Crippen LogP contribution in [0.15, 0.2) is 42.5 Å². The van der Waals surface area contributed by atoms with E-state index in [1.165, 1.54) is 10.1 Å². The van der Waals surface area contributed by atoms with Gasteiger partial charge < -0.3 is 9.64 Å². The Morgan fingerprint density at radius 1 is 1.20 bits per heavy atom. The van der Waals surface area contributed by atoms with Crippen molar-refractivity contribution >= 4 is 19.4 Å². The van der Waals surface area contributed by atoms with Gasteiger partial charge in [-0.25, -0.2) is 4.79 Å². The quantitative estimate of drug-likeness (QED) is 0.457. The van der Waals surface area contributed by atoms with Gasteiger partial charge >= 0.3 is 6.09 Å². The lowest BCUT2D eigenvalue weighted by atomic mass is 10.4. The third-order valence-electron chi connectivity index (χ3n) is 3.23. The van der Waals surface area contributed by atoms with Gasteiger partial charge in [0.25, 0.3) is 0 Å². The number of carbonyl (C=O) groups excluding carboxylic acids is 1. The van der Waals surface area contributed by atoms with Crippen molar-refractivity contribution in [1.29, 1.82) is 0 Å². The lowest BCUT2D eigenvalue weighted by Gasteiger charge is -2.20. The zero-order chi connectivity index (χ0) is 15.0. The Balaban J connectivity index is 2.32. The maximum atomic E-state index is 11.2. The van der Waals surface area contributed by atoms with E-state index in [0.29, 0.717) is 6.61 Å². The Kier molecular flexibility index (Phi) is 6.52. The summed E-state index contributed by atoms with van der Waals surface area (Å²) in [6, 6.07) is 11.8. The predicted octanol–water partition coefficient (Wildman–Crippen LogP) is 3.25. The van der Waals surface area contributed by atoms with E-state index < -0.39 is 8.07 Å². The Hall–Kier alpha value is -1.55. The van der Waals surface area contributed by atoms with Crippen molar-refractivity contribution in [3.63, 3.8) is 0 Å². The summed E-state index contributed by atoms with van der Waals surface area (Å²) >= 11 is 0. The summed E-state index contributed by atoms with van der Waals surface area (Å²) < 4.78 is 5.07. The summed E-state index contributed by atoms with van der Waals surface area (Å²) in [5, 5.41) is 1.48. The van der Waals surface area contributed by atoms with Crippen LogP contribution in [0.2, 0.25) is 19.1 Å². The fraction of sp³-hybridized carbons (Fsp3) is 0.438. The highest BCUT2D eigenvalue weighted by molar-refractivity contribution is 6.90. The van der Waals surface area contributed by atoms with Crippen LogP contribution in [-0.2, 0) is 4.74 Å². The van der Waals surface area contributed by atoms with Gasteiger partial charge in [-0.1, -0.05) is 60.8 Å². The molecular formula is C16H25NO2Si. The van der Waals surface area contributed by atoms with E-state index >= 15 is 0 Å². The normalized spacial score (nSPS) is 11.6. The smallest absolute Gasteiger partial charge is 0.409 e. The highest BCUT2D eigenvalue weighted by atomic mass is 28.3. The number of benzene rings is 1. The van der Waals surface area contributed by atoms with Crippen LogP contribution in [0.25, 0.3) is 0 Å². The largest absolute Gasteiger partial charge is 0.449 e. The average Bonchev–Trinajstić information content (AvgIpc) is 2.43. The second kappa shape index (κ2) is 7.90. The molecule has 0 fully saturated rings. The minimum atomic E-state index is -1.38. The third-order valence-corrected chi connectivity index (χ3v) is 6.38. The van der Waals surface area contributed by atoms with Crippen molar-refractivity contribution in [2.24, 2.45) is 0 Å². The molecule has 0 aliphatic carbocycles.